The summed E-state index contributed by atoms with van der Waals surface area (Å²) in [5.74, 6) is -0.383. The molecule has 1 heterocycles. The van der Waals surface area contributed by atoms with Crippen LogP contribution in [0.15, 0.2) is 42.5 Å². The molecular weight excluding hydrogens is 311 g/mol. The molecule has 0 spiro atoms. The third kappa shape index (κ3) is 3.22. The van der Waals surface area contributed by atoms with Crippen LogP contribution < -0.4 is 15.4 Å². The molecule has 3 rings (SSSR count). The minimum absolute atomic E-state index is 0.121. The molecule has 124 valence electrons. The van der Waals surface area contributed by atoms with Gasteiger partial charge in [-0.05, 0) is 50.2 Å². The summed E-state index contributed by atoms with van der Waals surface area (Å²) in [5.41, 5.74) is 0.792. The van der Waals surface area contributed by atoms with Gasteiger partial charge in [-0.25, -0.2) is 4.39 Å². The molecule has 0 bridgehead atoms. The number of benzene rings is 2. The molecule has 0 aromatic heterocycles. The Bertz CT molecular complexity index is 800. The predicted octanol–water partition coefficient (Wildman–Crippen LogP) is 3.44. The Hall–Kier alpha value is -2.89. The van der Waals surface area contributed by atoms with Gasteiger partial charge >= 0.3 is 0 Å². The van der Waals surface area contributed by atoms with Gasteiger partial charge in [-0.15, -0.1) is 0 Å². The zero-order chi connectivity index (χ0) is 17.3. The quantitative estimate of drug-likeness (QED) is 0.887. The minimum Gasteiger partial charge on any atom is -0.490 e. The molecule has 0 fully saturated rings. The average Bonchev–Trinajstić information content (AvgIpc) is 2.65. The van der Waals surface area contributed by atoms with Gasteiger partial charge in [0, 0.05) is 17.3 Å². The van der Waals surface area contributed by atoms with Gasteiger partial charge < -0.3 is 15.4 Å². The van der Waals surface area contributed by atoms with Crippen LogP contribution in [0.5, 0.6) is 5.75 Å². The van der Waals surface area contributed by atoms with Crippen molar-refractivity contribution >= 4 is 23.2 Å². The molecule has 24 heavy (non-hydrogen) atoms. The minimum atomic E-state index is -0.642. The molecule has 0 radical (unpaired) electrons. The number of carbonyl (C=O) groups excluding carboxylic acids is 2. The Morgan fingerprint density at radius 1 is 1.21 bits per heavy atom. The van der Waals surface area contributed by atoms with Gasteiger partial charge in [0.2, 0.25) is 5.91 Å². The molecule has 0 unspecified atom stereocenters. The van der Waals surface area contributed by atoms with E-state index < -0.39 is 11.2 Å². The third-order valence-electron chi connectivity index (χ3n) is 3.80. The molecule has 6 heteroatoms. The fourth-order valence-corrected chi connectivity index (χ4v) is 2.24. The lowest BCUT2D eigenvalue weighted by Gasteiger charge is -2.18. The van der Waals surface area contributed by atoms with Crippen molar-refractivity contribution in [1.29, 1.82) is 0 Å². The van der Waals surface area contributed by atoms with Crippen molar-refractivity contribution in [3.05, 3.63) is 53.8 Å². The standard InChI is InChI=1S/C18H17FN2O3/c1-18(2)10-24-15-9-13(7-8-14(15)21-17(18)23)20-16(22)11-3-5-12(19)6-4-11/h3-9H,10H2,1-2H3,(H,20,22)(H,21,23). The second-order valence-electron chi connectivity index (χ2n) is 6.30. The van der Waals surface area contributed by atoms with E-state index in [-0.39, 0.29) is 18.4 Å². The van der Waals surface area contributed by atoms with E-state index >= 15 is 0 Å². The van der Waals surface area contributed by atoms with E-state index in [1.807, 2.05) is 0 Å². The number of rotatable bonds is 2. The van der Waals surface area contributed by atoms with E-state index in [4.69, 9.17) is 4.74 Å². The normalized spacial score (nSPS) is 15.5. The second kappa shape index (κ2) is 5.96. The number of fused-ring (bicyclic) bond motifs is 1. The summed E-state index contributed by atoms with van der Waals surface area (Å²) in [5, 5.41) is 5.54. The van der Waals surface area contributed by atoms with E-state index in [9.17, 15) is 14.0 Å². The maximum atomic E-state index is 12.9. The molecule has 0 aliphatic carbocycles. The average molecular weight is 328 g/mol. The lowest BCUT2D eigenvalue weighted by Crippen LogP contribution is -2.33. The monoisotopic (exact) mass is 328 g/mol. The van der Waals surface area contributed by atoms with Crippen LogP contribution in [0.25, 0.3) is 0 Å². The zero-order valence-corrected chi connectivity index (χ0v) is 13.4. The SMILES string of the molecule is CC1(C)COc2cc(NC(=O)c3ccc(F)cc3)ccc2NC1=O. The summed E-state index contributed by atoms with van der Waals surface area (Å²) in [4.78, 5) is 24.3. The van der Waals surface area contributed by atoms with Crippen LogP contribution in [-0.4, -0.2) is 18.4 Å². The lowest BCUT2D eigenvalue weighted by molar-refractivity contribution is -0.124. The van der Waals surface area contributed by atoms with E-state index in [0.29, 0.717) is 22.7 Å². The third-order valence-corrected chi connectivity index (χ3v) is 3.80. The number of halogens is 1. The summed E-state index contributed by atoms with van der Waals surface area (Å²) in [6, 6.07) is 10.3. The molecular formula is C18H17FN2O3. The summed E-state index contributed by atoms with van der Waals surface area (Å²) in [6.07, 6.45) is 0. The summed E-state index contributed by atoms with van der Waals surface area (Å²) in [6.45, 7) is 3.83. The zero-order valence-electron chi connectivity index (χ0n) is 13.4. The first kappa shape index (κ1) is 16.0. The van der Waals surface area contributed by atoms with Gasteiger partial charge in [-0.3, -0.25) is 9.59 Å². The van der Waals surface area contributed by atoms with E-state index in [1.165, 1.54) is 24.3 Å². The topological polar surface area (TPSA) is 67.4 Å². The van der Waals surface area contributed by atoms with Crippen molar-refractivity contribution in [3.63, 3.8) is 0 Å². The van der Waals surface area contributed by atoms with Crippen LogP contribution >= 0.6 is 0 Å². The van der Waals surface area contributed by atoms with Crippen LogP contribution in [0.4, 0.5) is 15.8 Å². The van der Waals surface area contributed by atoms with Gasteiger partial charge in [0.15, 0.2) is 0 Å². The highest BCUT2D eigenvalue weighted by Crippen LogP contribution is 2.34. The van der Waals surface area contributed by atoms with Crippen LogP contribution in [0.1, 0.15) is 24.2 Å². The van der Waals surface area contributed by atoms with Crippen molar-refractivity contribution in [2.45, 2.75) is 13.8 Å². The number of hydrogen-bond donors (Lipinski definition) is 2. The van der Waals surface area contributed by atoms with Gasteiger partial charge in [-0.2, -0.15) is 0 Å². The van der Waals surface area contributed by atoms with Crippen LogP contribution in [0.3, 0.4) is 0 Å². The molecule has 2 aromatic carbocycles. The van der Waals surface area contributed by atoms with Crippen LogP contribution in [0.2, 0.25) is 0 Å². The molecule has 1 aliphatic rings. The molecule has 0 saturated carbocycles. The number of hydrogen-bond acceptors (Lipinski definition) is 3. The van der Waals surface area contributed by atoms with Gasteiger partial charge in [0.1, 0.15) is 18.2 Å². The predicted molar refractivity (Wildman–Crippen MR) is 88.7 cm³/mol. The largest absolute Gasteiger partial charge is 0.490 e. The Morgan fingerprint density at radius 3 is 2.62 bits per heavy atom. The van der Waals surface area contributed by atoms with Gasteiger partial charge in [-0.1, -0.05) is 0 Å². The van der Waals surface area contributed by atoms with Crippen LogP contribution in [-0.2, 0) is 4.79 Å². The molecule has 5 nitrogen and oxygen atoms in total. The summed E-state index contributed by atoms with van der Waals surface area (Å²) < 4.78 is 18.6. The molecule has 2 aromatic rings. The van der Waals surface area contributed by atoms with Crippen molar-refractivity contribution < 1.29 is 18.7 Å². The Labute approximate surface area is 138 Å². The number of carbonyl (C=O) groups is 2. The second-order valence-corrected chi connectivity index (χ2v) is 6.30. The van der Waals surface area contributed by atoms with Crippen molar-refractivity contribution in [3.8, 4) is 5.75 Å². The first-order valence-corrected chi connectivity index (χ1v) is 7.50. The van der Waals surface area contributed by atoms with E-state index in [2.05, 4.69) is 10.6 Å². The summed E-state index contributed by atoms with van der Waals surface area (Å²) in [7, 11) is 0. The number of anilines is 2. The highest BCUT2D eigenvalue weighted by molar-refractivity contribution is 6.04. The van der Waals surface area contributed by atoms with Crippen LogP contribution in [0, 0.1) is 11.2 Å². The molecule has 0 saturated heterocycles. The Balaban J connectivity index is 1.80. The van der Waals surface area contributed by atoms with Crippen molar-refractivity contribution in [2.24, 2.45) is 5.41 Å². The molecule has 0 atom stereocenters. The Kier molecular flexibility index (Phi) is 3.97. The maximum Gasteiger partial charge on any atom is 0.255 e. The highest BCUT2D eigenvalue weighted by atomic mass is 19.1. The van der Waals surface area contributed by atoms with Crippen molar-refractivity contribution in [1.82, 2.24) is 0 Å². The first-order chi connectivity index (χ1) is 11.3. The maximum absolute atomic E-state index is 12.9. The number of ether oxygens (including phenoxy) is 1. The fourth-order valence-electron chi connectivity index (χ4n) is 2.24. The van der Waals surface area contributed by atoms with Crippen molar-refractivity contribution in [2.75, 3.05) is 17.2 Å². The molecule has 1 aliphatic heterocycles. The first-order valence-electron chi connectivity index (χ1n) is 7.50. The number of nitrogens with one attached hydrogen (secondary N) is 2. The molecule has 2 amide bonds. The highest BCUT2D eigenvalue weighted by Gasteiger charge is 2.32. The van der Waals surface area contributed by atoms with E-state index in [1.54, 1.807) is 32.0 Å². The van der Waals surface area contributed by atoms with Gasteiger partial charge in [0.05, 0.1) is 11.1 Å². The lowest BCUT2D eigenvalue weighted by atomic mass is 9.94. The fraction of sp³-hybridized carbons (Fsp3) is 0.222. The number of amides is 2. The Morgan fingerprint density at radius 2 is 1.92 bits per heavy atom. The van der Waals surface area contributed by atoms with E-state index in [0.717, 1.165) is 0 Å². The smallest absolute Gasteiger partial charge is 0.255 e. The summed E-state index contributed by atoms with van der Waals surface area (Å²) >= 11 is 0. The molecule has 2 N–H and O–H groups in total. The van der Waals surface area contributed by atoms with Gasteiger partial charge in [0.25, 0.3) is 5.91 Å².